The van der Waals surface area contributed by atoms with E-state index in [2.05, 4.69) is 11.8 Å². The van der Waals surface area contributed by atoms with Gasteiger partial charge in [0.25, 0.3) is 0 Å². The Bertz CT molecular complexity index is 220. The second-order valence-corrected chi connectivity index (χ2v) is 5.58. The number of rotatable bonds is 4. The Morgan fingerprint density at radius 1 is 1.29 bits per heavy atom. The van der Waals surface area contributed by atoms with Gasteiger partial charge in [-0.05, 0) is 38.6 Å². The van der Waals surface area contributed by atoms with Crippen LogP contribution in [0.5, 0.6) is 0 Å². The zero-order valence-electron chi connectivity index (χ0n) is 11.2. The van der Waals surface area contributed by atoms with Crippen LogP contribution in [0.2, 0.25) is 0 Å². The van der Waals surface area contributed by atoms with Crippen LogP contribution in [0.3, 0.4) is 0 Å². The first-order valence-electron chi connectivity index (χ1n) is 7.42. The maximum absolute atomic E-state index is 5.92. The number of nitrogens with zero attached hydrogens (tertiary/aromatic N) is 1. The molecule has 2 fully saturated rings. The van der Waals surface area contributed by atoms with E-state index < -0.39 is 0 Å². The molecule has 0 aromatic heterocycles. The molecule has 0 bridgehead atoms. The Balaban J connectivity index is 1.90. The Morgan fingerprint density at radius 2 is 2.18 bits per heavy atom. The van der Waals surface area contributed by atoms with Gasteiger partial charge in [0.1, 0.15) is 0 Å². The van der Waals surface area contributed by atoms with Crippen molar-refractivity contribution in [3.05, 3.63) is 0 Å². The largest absolute Gasteiger partial charge is 0.378 e. The van der Waals surface area contributed by atoms with Crippen molar-refractivity contribution in [3.63, 3.8) is 0 Å². The molecule has 0 amide bonds. The molecule has 2 aliphatic rings. The lowest BCUT2D eigenvalue weighted by molar-refractivity contribution is -0.0452. The number of piperidine rings is 1. The Hall–Kier alpha value is -0.120. The second kappa shape index (κ2) is 6.72. The van der Waals surface area contributed by atoms with Gasteiger partial charge in [-0.25, -0.2) is 0 Å². The highest BCUT2D eigenvalue weighted by Gasteiger charge is 2.31. The van der Waals surface area contributed by atoms with Crippen LogP contribution in [0.1, 0.15) is 51.9 Å². The van der Waals surface area contributed by atoms with E-state index in [1.165, 1.54) is 51.5 Å². The van der Waals surface area contributed by atoms with Crippen LogP contribution < -0.4 is 5.73 Å². The molecule has 0 saturated carbocycles. The van der Waals surface area contributed by atoms with Gasteiger partial charge >= 0.3 is 0 Å². The SMILES string of the molecule is CCCC1CC(N2CCCCC2CN)CCO1. The summed E-state index contributed by atoms with van der Waals surface area (Å²) in [5, 5.41) is 0. The number of hydrogen-bond acceptors (Lipinski definition) is 3. The molecule has 0 radical (unpaired) electrons. The van der Waals surface area contributed by atoms with Crippen molar-refractivity contribution in [2.24, 2.45) is 5.73 Å². The van der Waals surface area contributed by atoms with E-state index in [1.807, 2.05) is 0 Å². The van der Waals surface area contributed by atoms with Crippen molar-refractivity contribution < 1.29 is 4.74 Å². The minimum Gasteiger partial charge on any atom is -0.378 e. The molecule has 2 rings (SSSR count). The fourth-order valence-electron chi connectivity index (χ4n) is 3.44. The summed E-state index contributed by atoms with van der Waals surface area (Å²) in [6, 6.07) is 1.36. The predicted molar refractivity (Wildman–Crippen MR) is 71.1 cm³/mol. The zero-order chi connectivity index (χ0) is 12.1. The number of hydrogen-bond donors (Lipinski definition) is 1. The summed E-state index contributed by atoms with van der Waals surface area (Å²) >= 11 is 0. The van der Waals surface area contributed by atoms with Crippen molar-refractivity contribution in [1.82, 2.24) is 4.90 Å². The van der Waals surface area contributed by atoms with E-state index in [-0.39, 0.29) is 0 Å². The Labute approximate surface area is 106 Å². The van der Waals surface area contributed by atoms with Crippen molar-refractivity contribution in [2.75, 3.05) is 19.7 Å². The van der Waals surface area contributed by atoms with Crippen molar-refractivity contribution >= 4 is 0 Å². The minimum absolute atomic E-state index is 0.499. The molecule has 3 unspecified atom stereocenters. The van der Waals surface area contributed by atoms with Crippen LogP contribution in [0.4, 0.5) is 0 Å². The molecule has 17 heavy (non-hydrogen) atoms. The topological polar surface area (TPSA) is 38.5 Å². The highest BCUT2D eigenvalue weighted by Crippen LogP contribution is 2.27. The average Bonchev–Trinajstić information content (AvgIpc) is 2.39. The second-order valence-electron chi connectivity index (χ2n) is 5.58. The molecule has 2 aliphatic heterocycles. The smallest absolute Gasteiger partial charge is 0.0590 e. The quantitative estimate of drug-likeness (QED) is 0.818. The van der Waals surface area contributed by atoms with Crippen LogP contribution in [0.15, 0.2) is 0 Å². The summed E-state index contributed by atoms with van der Waals surface area (Å²) in [5.74, 6) is 0. The van der Waals surface area contributed by atoms with Gasteiger partial charge in [0.2, 0.25) is 0 Å². The highest BCUT2D eigenvalue weighted by atomic mass is 16.5. The first-order chi connectivity index (χ1) is 8.35. The molecule has 0 aliphatic carbocycles. The lowest BCUT2D eigenvalue weighted by atomic mass is 9.93. The van der Waals surface area contributed by atoms with Crippen molar-refractivity contribution in [1.29, 1.82) is 0 Å². The van der Waals surface area contributed by atoms with Crippen molar-refractivity contribution in [2.45, 2.75) is 70.1 Å². The third kappa shape index (κ3) is 3.43. The molecule has 3 atom stereocenters. The summed E-state index contributed by atoms with van der Waals surface area (Å²) < 4.78 is 5.85. The third-order valence-electron chi connectivity index (χ3n) is 4.36. The molecule has 2 heterocycles. The number of likely N-dealkylation sites (tertiary alicyclic amines) is 1. The average molecular weight is 240 g/mol. The molecule has 2 saturated heterocycles. The number of ether oxygens (including phenoxy) is 1. The van der Waals surface area contributed by atoms with E-state index in [9.17, 15) is 0 Å². The van der Waals surface area contributed by atoms with Gasteiger partial charge in [-0.1, -0.05) is 19.8 Å². The lowest BCUT2D eigenvalue weighted by Gasteiger charge is -2.44. The molecule has 0 aromatic rings. The summed E-state index contributed by atoms with van der Waals surface area (Å²) in [6.07, 6.45) is 9.40. The number of nitrogens with two attached hydrogens (primary N) is 1. The van der Waals surface area contributed by atoms with Gasteiger partial charge < -0.3 is 10.5 Å². The summed E-state index contributed by atoms with van der Waals surface area (Å²) in [6.45, 7) is 5.28. The Morgan fingerprint density at radius 3 is 2.94 bits per heavy atom. The molecule has 0 aromatic carbocycles. The maximum Gasteiger partial charge on any atom is 0.0590 e. The van der Waals surface area contributed by atoms with Gasteiger partial charge in [-0.2, -0.15) is 0 Å². The van der Waals surface area contributed by atoms with Crippen LogP contribution in [-0.4, -0.2) is 42.8 Å². The molecular weight excluding hydrogens is 212 g/mol. The van der Waals surface area contributed by atoms with Gasteiger partial charge in [0, 0.05) is 25.2 Å². The van der Waals surface area contributed by atoms with Gasteiger partial charge in [-0.15, -0.1) is 0 Å². The molecule has 100 valence electrons. The van der Waals surface area contributed by atoms with E-state index >= 15 is 0 Å². The van der Waals surface area contributed by atoms with Gasteiger partial charge in [0.15, 0.2) is 0 Å². The fourth-order valence-corrected chi connectivity index (χ4v) is 3.44. The minimum atomic E-state index is 0.499. The van der Waals surface area contributed by atoms with E-state index in [0.29, 0.717) is 12.1 Å². The first-order valence-corrected chi connectivity index (χ1v) is 7.42. The summed E-state index contributed by atoms with van der Waals surface area (Å²) in [4.78, 5) is 2.69. The Kier molecular flexibility index (Phi) is 5.26. The predicted octanol–water partition coefficient (Wildman–Crippen LogP) is 2.15. The van der Waals surface area contributed by atoms with Crippen molar-refractivity contribution in [3.8, 4) is 0 Å². The van der Waals surface area contributed by atoms with E-state index in [4.69, 9.17) is 10.5 Å². The summed E-state index contributed by atoms with van der Waals surface area (Å²) in [5.41, 5.74) is 5.92. The van der Waals surface area contributed by atoms with E-state index in [1.54, 1.807) is 0 Å². The van der Waals surface area contributed by atoms with Crippen LogP contribution in [0, 0.1) is 0 Å². The van der Waals surface area contributed by atoms with Gasteiger partial charge in [0.05, 0.1) is 6.10 Å². The lowest BCUT2D eigenvalue weighted by Crippen LogP contribution is -2.52. The third-order valence-corrected chi connectivity index (χ3v) is 4.36. The maximum atomic E-state index is 5.92. The molecule has 0 spiro atoms. The molecule has 3 nitrogen and oxygen atoms in total. The van der Waals surface area contributed by atoms with Crippen LogP contribution in [-0.2, 0) is 4.74 Å². The zero-order valence-corrected chi connectivity index (χ0v) is 11.2. The van der Waals surface area contributed by atoms with Crippen LogP contribution in [0.25, 0.3) is 0 Å². The summed E-state index contributed by atoms with van der Waals surface area (Å²) in [7, 11) is 0. The normalized spacial score (nSPS) is 36.0. The van der Waals surface area contributed by atoms with E-state index in [0.717, 1.165) is 19.2 Å². The monoisotopic (exact) mass is 240 g/mol. The molecule has 2 N–H and O–H groups in total. The molecule has 3 heteroatoms. The van der Waals surface area contributed by atoms with Crippen LogP contribution >= 0.6 is 0 Å². The standard InChI is InChI=1S/C14H28N2O/c1-2-5-14-10-12(7-9-17-14)16-8-4-3-6-13(16)11-15/h12-14H,2-11,15H2,1H3. The fraction of sp³-hybridized carbons (Fsp3) is 1.00. The van der Waals surface area contributed by atoms with Gasteiger partial charge in [-0.3, -0.25) is 4.90 Å². The molecular formula is C14H28N2O. The highest BCUT2D eigenvalue weighted by molar-refractivity contribution is 4.86. The first kappa shape index (κ1) is 13.3.